The Bertz CT molecular complexity index is 520. The number of hydrogen-bond acceptors (Lipinski definition) is 5. The van der Waals surface area contributed by atoms with Gasteiger partial charge in [0, 0.05) is 0 Å². The van der Waals surface area contributed by atoms with E-state index in [9.17, 15) is 9.18 Å². The molecule has 2 aromatic heterocycles. The number of nitrogens with one attached hydrogen (secondary N) is 1. The summed E-state index contributed by atoms with van der Waals surface area (Å²) < 4.78 is 13.1. The molecule has 7 heteroatoms. The number of nitrogen functional groups attached to an aromatic ring is 1. The van der Waals surface area contributed by atoms with Crippen molar-refractivity contribution in [3.05, 3.63) is 27.7 Å². The highest BCUT2D eigenvalue weighted by molar-refractivity contribution is 7.13. The van der Waals surface area contributed by atoms with Gasteiger partial charge in [-0.3, -0.25) is 4.98 Å². The molecule has 0 aromatic carbocycles. The normalized spacial score (nSPS) is 10.4. The number of rotatable bonds is 1. The highest BCUT2D eigenvalue weighted by Crippen LogP contribution is 2.24. The lowest BCUT2D eigenvalue weighted by Gasteiger charge is -1.96. The first-order chi connectivity index (χ1) is 6.66. The van der Waals surface area contributed by atoms with Gasteiger partial charge in [-0.05, 0) is 11.4 Å². The van der Waals surface area contributed by atoms with Crippen molar-refractivity contribution in [3.8, 4) is 10.7 Å². The molecule has 0 radical (unpaired) electrons. The van der Waals surface area contributed by atoms with Crippen LogP contribution in [0.25, 0.3) is 10.7 Å². The predicted octanol–water partition coefficient (Wildman–Crippen LogP) is 0.615. The number of aromatic amines is 1. The van der Waals surface area contributed by atoms with Crippen molar-refractivity contribution >= 4 is 17.3 Å². The van der Waals surface area contributed by atoms with Gasteiger partial charge in [0.05, 0.1) is 0 Å². The first-order valence-electron chi connectivity index (χ1n) is 3.64. The van der Waals surface area contributed by atoms with E-state index in [1.54, 1.807) is 5.38 Å². The fraction of sp³-hybridized carbons (Fsp3) is 0. The average molecular weight is 212 g/mol. The van der Waals surface area contributed by atoms with E-state index in [1.807, 2.05) is 0 Å². The van der Waals surface area contributed by atoms with Crippen molar-refractivity contribution in [1.82, 2.24) is 15.0 Å². The number of nitrogens with two attached hydrogens (primary N) is 1. The molecule has 0 saturated carbocycles. The van der Waals surface area contributed by atoms with Gasteiger partial charge in [-0.25, -0.2) is 9.18 Å². The summed E-state index contributed by atoms with van der Waals surface area (Å²) in [6.07, 6.45) is 0. The van der Waals surface area contributed by atoms with Gasteiger partial charge in [0.25, 0.3) is 0 Å². The molecule has 0 amide bonds. The molecule has 72 valence electrons. The number of halogens is 1. The van der Waals surface area contributed by atoms with Gasteiger partial charge in [-0.15, -0.1) is 11.3 Å². The quantitative estimate of drug-likeness (QED) is 0.725. The lowest BCUT2D eigenvalue weighted by atomic mass is 10.4. The largest absolute Gasteiger partial charge is 0.368 e. The minimum Gasteiger partial charge on any atom is -0.368 e. The Morgan fingerprint density at radius 3 is 2.86 bits per heavy atom. The SMILES string of the molecule is Nc1nc(-c2sccc2F)[nH]c(=O)n1. The minimum atomic E-state index is -0.639. The molecule has 3 N–H and O–H groups in total. The summed E-state index contributed by atoms with van der Waals surface area (Å²) >= 11 is 1.13. The molecule has 0 unspecified atom stereocenters. The maximum absolute atomic E-state index is 13.1. The van der Waals surface area contributed by atoms with Crippen LogP contribution in [0.4, 0.5) is 10.3 Å². The number of anilines is 1. The highest BCUT2D eigenvalue weighted by atomic mass is 32.1. The summed E-state index contributed by atoms with van der Waals surface area (Å²) in [7, 11) is 0. The predicted molar refractivity (Wildman–Crippen MR) is 50.3 cm³/mol. The molecule has 0 bridgehead atoms. The van der Waals surface area contributed by atoms with Crippen molar-refractivity contribution in [2.75, 3.05) is 5.73 Å². The van der Waals surface area contributed by atoms with Gasteiger partial charge >= 0.3 is 5.69 Å². The second kappa shape index (κ2) is 3.18. The van der Waals surface area contributed by atoms with E-state index in [4.69, 9.17) is 5.73 Å². The molecule has 2 heterocycles. The standard InChI is InChI=1S/C7H5FN4OS/c8-3-1-2-14-4(3)5-10-6(9)12-7(13)11-5/h1-2H,(H3,9,10,11,12,13). The highest BCUT2D eigenvalue weighted by Gasteiger charge is 2.09. The van der Waals surface area contributed by atoms with Gasteiger partial charge in [0.1, 0.15) is 10.7 Å². The van der Waals surface area contributed by atoms with Crippen LogP contribution in [0, 0.1) is 5.82 Å². The first kappa shape index (κ1) is 8.82. The van der Waals surface area contributed by atoms with Crippen LogP contribution < -0.4 is 11.4 Å². The third-order valence-corrected chi connectivity index (χ3v) is 2.40. The molecule has 0 atom stereocenters. The molecule has 0 saturated heterocycles. The fourth-order valence-electron chi connectivity index (χ4n) is 0.971. The molecule has 0 aliphatic carbocycles. The lowest BCUT2D eigenvalue weighted by molar-refractivity contribution is 0.635. The van der Waals surface area contributed by atoms with Gasteiger partial charge in [0.2, 0.25) is 5.95 Å². The van der Waals surface area contributed by atoms with Gasteiger partial charge < -0.3 is 5.73 Å². The minimum absolute atomic E-state index is 0.106. The van der Waals surface area contributed by atoms with Crippen LogP contribution in [0.5, 0.6) is 0 Å². The third kappa shape index (κ3) is 1.49. The third-order valence-electron chi connectivity index (χ3n) is 1.50. The maximum atomic E-state index is 13.1. The molecule has 2 rings (SSSR count). The summed E-state index contributed by atoms with van der Waals surface area (Å²) in [5, 5.41) is 1.56. The second-order valence-corrected chi connectivity index (χ2v) is 3.37. The average Bonchev–Trinajstić information content (AvgIpc) is 2.49. The van der Waals surface area contributed by atoms with Crippen molar-refractivity contribution in [1.29, 1.82) is 0 Å². The molecule has 0 aliphatic rings. The van der Waals surface area contributed by atoms with E-state index in [0.717, 1.165) is 11.3 Å². The van der Waals surface area contributed by atoms with Crippen molar-refractivity contribution in [2.24, 2.45) is 0 Å². The van der Waals surface area contributed by atoms with E-state index in [2.05, 4.69) is 15.0 Å². The zero-order chi connectivity index (χ0) is 10.1. The molecule has 0 fully saturated rings. The Labute approximate surface area is 81.5 Å². The van der Waals surface area contributed by atoms with Crippen LogP contribution in [-0.2, 0) is 0 Å². The zero-order valence-corrected chi connectivity index (χ0v) is 7.64. The maximum Gasteiger partial charge on any atom is 0.349 e. The summed E-state index contributed by atoms with van der Waals surface area (Å²) in [4.78, 5) is 20.5. The molecule has 0 aliphatic heterocycles. The summed E-state index contributed by atoms with van der Waals surface area (Å²) in [6, 6.07) is 1.29. The molecular formula is C7H5FN4OS. The van der Waals surface area contributed by atoms with E-state index in [1.165, 1.54) is 6.07 Å². The Hall–Kier alpha value is -1.76. The van der Waals surface area contributed by atoms with Crippen LogP contribution >= 0.6 is 11.3 Å². The van der Waals surface area contributed by atoms with E-state index >= 15 is 0 Å². The second-order valence-electron chi connectivity index (χ2n) is 2.46. The molecular weight excluding hydrogens is 207 g/mol. The molecule has 14 heavy (non-hydrogen) atoms. The summed E-state index contributed by atoms with van der Waals surface area (Å²) in [5.74, 6) is -0.504. The lowest BCUT2D eigenvalue weighted by Crippen LogP contribution is -2.15. The van der Waals surface area contributed by atoms with E-state index < -0.39 is 11.5 Å². The summed E-state index contributed by atoms with van der Waals surface area (Å²) in [5.41, 5.74) is 4.62. The Morgan fingerprint density at radius 2 is 2.29 bits per heavy atom. The number of nitrogens with zero attached hydrogens (tertiary/aromatic N) is 2. The Kier molecular flexibility index (Phi) is 2.01. The van der Waals surface area contributed by atoms with Crippen molar-refractivity contribution in [2.45, 2.75) is 0 Å². The topological polar surface area (TPSA) is 84.7 Å². The van der Waals surface area contributed by atoms with Crippen LogP contribution in [0.2, 0.25) is 0 Å². The fourth-order valence-corrected chi connectivity index (χ4v) is 1.68. The van der Waals surface area contributed by atoms with E-state index in [0.29, 0.717) is 0 Å². The Morgan fingerprint density at radius 1 is 1.50 bits per heavy atom. The van der Waals surface area contributed by atoms with Crippen molar-refractivity contribution in [3.63, 3.8) is 0 Å². The first-order valence-corrected chi connectivity index (χ1v) is 4.52. The van der Waals surface area contributed by atoms with Crippen LogP contribution in [0.1, 0.15) is 0 Å². The van der Waals surface area contributed by atoms with Crippen LogP contribution in [0.15, 0.2) is 16.2 Å². The summed E-state index contributed by atoms with van der Waals surface area (Å²) in [6.45, 7) is 0. The van der Waals surface area contributed by atoms with Gasteiger partial charge in [0.15, 0.2) is 5.82 Å². The van der Waals surface area contributed by atoms with Gasteiger partial charge in [-0.2, -0.15) is 9.97 Å². The number of hydrogen-bond donors (Lipinski definition) is 2. The molecule has 5 nitrogen and oxygen atoms in total. The van der Waals surface area contributed by atoms with Gasteiger partial charge in [-0.1, -0.05) is 0 Å². The smallest absolute Gasteiger partial charge is 0.349 e. The molecule has 0 spiro atoms. The number of aromatic nitrogens is 3. The van der Waals surface area contributed by atoms with Crippen LogP contribution in [0.3, 0.4) is 0 Å². The molecule has 2 aromatic rings. The Balaban J connectivity index is 2.63. The zero-order valence-electron chi connectivity index (χ0n) is 6.82. The number of thiophene rings is 1. The van der Waals surface area contributed by atoms with E-state index in [-0.39, 0.29) is 16.6 Å². The van der Waals surface area contributed by atoms with Crippen molar-refractivity contribution < 1.29 is 4.39 Å². The number of H-pyrrole nitrogens is 1. The van der Waals surface area contributed by atoms with Crippen LogP contribution in [-0.4, -0.2) is 15.0 Å². The monoisotopic (exact) mass is 212 g/mol.